The fourth-order valence-electron chi connectivity index (χ4n) is 1.82. The van der Waals surface area contributed by atoms with Gasteiger partial charge in [-0.25, -0.2) is 0 Å². The summed E-state index contributed by atoms with van der Waals surface area (Å²) in [7, 11) is 0. The summed E-state index contributed by atoms with van der Waals surface area (Å²) in [5.74, 6) is 0. The molecule has 1 N–H and O–H groups in total. The van der Waals surface area contributed by atoms with Gasteiger partial charge in [-0.1, -0.05) is 49.7 Å². The van der Waals surface area contributed by atoms with Crippen molar-refractivity contribution in [3.63, 3.8) is 0 Å². The summed E-state index contributed by atoms with van der Waals surface area (Å²) >= 11 is 0. The second kappa shape index (κ2) is 6.09. The monoisotopic (exact) mass is 224 g/mol. The number of hydrogen-bond donors (Lipinski definition) is 1. The van der Waals surface area contributed by atoms with E-state index in [9.17, 15) is 0 Å². The lowest BCUT2D eigenvalue weighted by Crippen LogP contribution is -1.99. The zero-order valence-corrected chi connectivity index (χ0v) is 10.2. The normalized spacial score (nSPS) is 10.2. The minimum Gasteiger partial charge on any atom is -0.381 e. The van der Waals surface area contributed by atoms with Crippen LogP contribution in [0.3, 0.4) is 0 Å². The van der Waals surface area contributed by atoms with Crippen molar-refractivity contribution in [2.24, 2.45) is 0 Å². The maximum Gasteiger partial charge on any atom is 0.0400 e. The molecule has 87 valence electrons. The van der Waals surface area contributed by atoms with Crippen LogP contribution in [0.2, 0.25) is 0 Å². The highest BCUT2D eigenvalue weighted by atomic mass is 14.9. The van der Waals surface area contributed by atoms with Gasteiger partial charge in [0, 0.05) is 12.2 Å². The lowest BCUT2D eigenvalue weighted by atomic mass is 10.1. The zero-order chi connectivity index (χ0) is 11.9. The standard InChI is InChI=1S/C16H18N/c1-2-6-14-9-11-15(12-10-14)13-17-16-7-4-3-5-8-16/h4-5,7-12,17H,2,6,13H2,1H3. The number of hydrogen-bond acceptors (Lipinski definition) is 1. The van der Waals surface area contributed by atoms with Crippen LogP contribution in [-0.2, 0) is 13.0 Å². The van der Waals surface area contributed by atoms with Crippen molar-refractivity contribution >= 4 is 5.69 Å². The van der Waals surface area contributed by atoms with E-state index in [0.717, 1.165) is 12.2 Å². The Morgan fingerprint density at radius 1 is 0.941 bits per heavy atom. The van der Waals surface area contributed by atoms with Gasteiger partial charge in [0.2, 0.25) is 0 Å². The average Bonchev–Trinajstić information content (AvgIpc) is 2.40. The molecule has 0 bridgehead atoms. The molecule has 2 rings (SSSR count). The Labute approximate surface area is 103 Å². The first-order valence-electron chi connectivity index (χ1n) is 6.16. The largest absolute Gasteiger partial charge is 0.381 e. The molecule has 0 aliphatic carbocycles. The van der Waals surface area contributed by atoms with Crippen molar-refractivity contribution in [2.45, 2.75) is 26.3 Å². The molecular formula is C16H18N. The van der Waals surface area contributed by atoms with Crippen molar-refractivity contribution in [3.8, 4) is 0 Å². The van der Waals surface area contributed by atoms with Crippen LogP contribution in [0.1, 0.15) is 24.5 Å². The molecule has 0 saturated heterocycles. The maximum absolute atomic E-state index is 3.39. The van der Waals surface area contributed by atoms with E-state index < -0.39 is 0 Å². The van der Waals surface area contributed by atoms with Gasteiger partial charge in [0.05, 0.1) is 0 Å². The van der Waals surface area contributed by atoms with Gasteiger partial charge in [-0.2, -0.15) is 0 Å². The van der Waals surface area contributed by atoms with Crippen LogP contribution < -0.4 is 5.32 Å². The summed E-state index contributed by atoms with van der Waals surface area (Å²) in [6.45, 7) is 3.08. The molecule has 0 amide bonds. The Kier molecular flexibility index (Phi) is 4.20. The molecule has 0 atom stereocenters. The fraction of sp³-hybridized carbons (Fsp3) is 0.250. The third-order valence-electron chi connectivity index (χ3n) is 2.78. The topological polar surface area (TPSA) is 12.0 Å². The van der Waals surface area contributed by atoms with Gasteiger partial charge in [0.25, 0.3) is 0 Å². The quantitative estimate of drug-likeness (QED) is 0.807. The van der Waals surface area contributed by atoms with Crippen LogP contribution in [0, 0.1) is 6.07 Å². The molecule has 2 aromatic rings. The highest BCUT2D eigenvalue weighted by molar-refractivity contribution is 5.43. The summed E-state index contributed by atoms with van der Waals surface area (Å²) in [5, 5.41) is 3.39. The average molecular weight is 224 g/mol. The summed E-state index contributed by atoms with van der Waals surface area (Å²) in [5.41, 5.74) is 3.88. The number of rotatable bonds is 5. The van der Waals surface area contributed by atoms with Crippen molar-refractivity contribution in [1.29, 1.82) is 0 Å². The van der Waals surface area contributed by atoms with E-state index >= 15 is 0 Å². The van der Waals surface area contributed by atoms with Gasteiger partial charge < -0.3 is 5.32 Å². The van der Waals surface area contributed by atoms with Crippen molar-refractivity contribution < 1.29 is 0 Å². The minimum atomic E-state index is 0.871. The van der Waals surface area contributed by atoms with Crippen LogP contribution in [0.4, 0.5) is 5.69 Å². The molecule has 1 nitrogen and oxygen atoms in total. The molecule has 1 radical (unpaired) electrons. The van der Waals surface area contributed by atoms with Gasteiger partial charge in [0.15, 0.2) is 0 Å². The fourth-order valence-corrected chi connectivity index (χ4v) is 1.82. The van der Waals surface area contributed by atoms with Crippen LogP contribution in [-0.4, -0.2) is 0 Å². The highest BCUT2D eigenvalue weighted by Gasteiger charge is 1.95. The molecule has 0 aromatic heterocycles. The molecule has 0 aliphatic rings. The summed E-state index contributed by atoms with van der Waals surface area (Å²) in [6, 6.07) is 19.8. The first-order chi connectivity index (χ1) is 8.38. The van der Waals surface area contributed by atoms with E-state index in [0.29, 0.717) is 0 Å². The predicted molar refractivity (Wildman–Crippen MR) is 73.0 cm³/mol. The minimum absolute atomic E-state index is 0.871. The first-order valence-corrected chi connectivity index (χ1v) is 6.16. The molecule has 0 heterocycles. The highest BCUT2D eigenvalue weighted by Crippen LogP contribution is 2.10. The van der Waals surface area contributed by atoms with Crippen molar-refractivity contribution in [1.82, 2.24) is 0 Å². The van der Waals surface area contributed by atoms with E-state index in [2.05, 4.69) is 42.6 Å². The Morgan fingerprint density at radius 2 is 1.59 bits per heavy atom. The maximum atomic E-state index is 3.39. The number of anilines is 1. The van der Waals surface area contributed by atoms with Crippen LogP contribution >= 0.6 is 0 Å². The Balaban J connectivity index is 1.91. The predicted octanol–water partition coefficient (Wildman–Crippen LogP) is 4.05. The van der Waals surface area contributed by atoms with E-state index in [4.69, 9.17) is 0 Å². The Hall–Kier alpha value is -1.76. The van der Waals surface area contributed by atoms with E-state index in [1.54, 1.807) is 0 Å². The summed E-state index contributed by atoms with van der Waals surface area (Å²) < 4.78 is 0. The smallest absolute Gasteiger partial charge is 0.0400 e. The molecule has 0 aliphatic heterocycles. The van der Waals surface area contributed by atoms with Gasteiger partial charge in [-0.3, -0.25) is 0 Å². The molecule has 1 heteroatoms. The number of nitrogens with one attached hydrogen (secondary N) is 1. The molecule has 0 unspecified atom stereocenters. The summed E-state index contributed by atoms with van der Waals surface area (Å²) in [4.78, 5) is 0. The van der Waals surface area contributed by atoms with Gasteiger partial charge in [-0.15, -0.1) is 0 Å². The molecular weight excluding hydrogens is 206 g/mol. The zero-order valence-electron chi connectivity index (χ0n) is 10.2. The lowest BCUT2D eigenvalue weighted by Gasteiger charge is -2.07. The second-order valence-electron chi connectivity index (χ2n) is 4.21. The second-order valence-corrected chi connectivity index (χ2v) is 4.21. The first kappa shape index (κ1) is 11.7. The van der Waals surface area contributed by atoms with E-state index in [1.165, 1.54) is 24.0 Å². The van der Waals surface area contributed by atoms with Gasteiger partial charge in [0.1, 0.15) is 0 Å². The summed E-state index contributed by atoms with van der Waals surface area (Å²) in [6.07, 6.45) is 2.38. The van der Waals surface area contributed by atoms with Crippen LogP contribution in [0.15, 0.2) is 48.5 Å². The Bertz CT molecular complexity index is 431. The number of benzene rings is 2. The molecule has 2 aromatic carbocycles. The van der Waals surface area contributed by atoms with Crippen LogP contribution in [0.5, 0.6) is 0 Å². The molecule has 0 spiro atoms. The molecule has 0 saturated carbocycles. The SMILES string of the molecule is CCCc1ccc(CNc2cc[c]cc2)cc1. The van der Waals surface area contributed by atoms with Gasteiger partial charge in [-0.05, 0) is 35.7 Å². The molecule has 0 fully saturated rings. The van der Waals surface area contributed by atoms with Crippen LogP contribution in [0.25, 0.3) is 0 Å². The van der Waals surface area contributed by atoms with Crippen molar-refractivity contribution in [3.05, 3.63) is 65.7 Å². The van der Waals surface area contributed by atoms with E-state index in [1.807, 2.05) is 24.3 Å². The van der Waals surface area contributed by atoms with E-state index in [-0.39, 0.29) is 0 Å². The Morgan fingerprint density at radius 3 is 2.24 bits per heavy atom. The third-order valence-corrected chi connectivity index (χ3v) is 2.78. The number of aryl methyl sites for hydroxylation is 1. The third kappa shape index (κ3) is 3.63. The lowest BCUT2D eigenvalue weighted by molar-refractivity contribution is 0.920. The molecule has 17 heavy (non-hydrogen) atoms. The van der Waals surface area contributed by atoms with Crippen molar-refractivity contribution in [2.75, 3.05) is 5.32 Å². The van der Waals surface area contributed by atoms with Gasteiger partial charge >= 0.3 is 0 Å².